The number of rotatable bonds is 5. The Balaban J connectivity index is 0.888. The molecule has 2 saturated heterocycles. The zero-order valence-corrected chi connectivity index (χ0v) is 21.8. The summed E-state index contributed by atoms with van der Waals surface area (Å²) in [6.45, 7) is 4.57. The number of piperazine rings is 1. The zero-order valence-electron chi connectivity index (χ0n) is 21.8. The lowest BCUT2D eigenvalue weighted by molar-refractivity contribution is -0.390. The zero-order chi connectivity index (χ0) is 25.0. The Morgan fingerprint density at radius 2 is 1.57 bits per heavy atom. The minimum absolute atomic E-state index is 0.326. The fourth-order valence-corrected chi connectivity index (χ4v) is 8.51. The summed E-state index contributed by atoms with van der Waals surface area (Å²) >= 11 is 0. The first-order valence-corrected chi connectivity index (χ1v) is 14.6. The molecule has 1 aromatic rings. The fraction of sp³-hybridized carbons (Fsp3) is 0.759. The van der Waals surface area contributed by atoms with E-state index in [2.05, 4.69) is 29.2 Å². The van der Waals surface area contributed by atoms with Crippen LogP contribution in [0.2, 0.25) is 0 Å². The van der Waals surface area contributed by atoms with Gasteiger partial charge in [0.1, 0.15) is 12.4 Å². The fourth-order valence-electron chi connectivity index (χ4n) is 8.51. The Bertz CT molecular complexity index is 956. The summed E-state index contributed by atoms with van der Waals surface area (Å²) in [4.78, 5) is 27.6. The number of nitrogens with zero attached hydrogens (tertiary/aromatic N) is 2. The second-order valence-corrected chi connectivity index (χ2v) is 12.6. The third-order valence-corrected chi connectivity index (χ3v) is 10.4. The van der Waals surface area contributed by atoms with Gasteiger partial charge in [0, 0.05) is 57.4 Å². The number of carbonyl (C=O) groups is 1. The number of primary amides is 1. The smallest absolute Gasteiger partial charge is 0.314 e. The first-order chi connectivity index (χ1) is 18.0. The van der Waals surface area contributed by atoms with Crippen LogP contribution < -0.4 is 10.5 Å². The van der Waals surface area contributed by atoms with Gasteiger partial charge in [-0.05, 0) is 80.4 Å². The topological polar surface area (TPSA) is 86.5 Å². The van der Waals surface area contributed by atoms with Crippen molar-refractivity contribution >= 4 is 6.03 Å². The lowest BCUT2D eigenvalue weighted by atomic mass is 9.53. The highest BCUT2D eigenvalue weighted by Crippen LogP contribution is 2.64. The van der Waals surface area contributed by atoms with Crippen LogP contribution in [0.4, 0.5) is 4.79 Å². The average Bonchev–Trinajstić information content (AvgIpc) is 3.28. The van der Waals surface area contributed by atoms with Gasteiger partial charge >= 0.3 is 6.03 Å². The number of carbonyl (C=O) groups excluding carboxylic acids is 1. The molecule has 202 valence electrons. The standard InChI is InChI=1S/C29H41N3O5/c30-27(33)32-11-9-31(10-12-32)13-14-34-26-3-1-22(2-4-26)23-5-7-28(8-6-23)35-29(37-36-28)24-16-20-15-21(18-24)19-25(29)17-20/h1-4,20-21,23-25H,5-19H2,(H2,30,33). The van der Waals surface area contributed by atoms with Crippen molar-refractivity contribution in [1.82, 2.24) is 9.80 Å². The summed E-state index contributed by atoms with van der Waals surface area (Å²) in [6.07, 6.45) is 10.4. The molecule has 2 amide bonds. The van der Waals surface area contributed by atoms with Gasteiger partial charge in [-0.25, -0.2) is 4.79 Å². The van der Waals surface area contributed by atoms with E-state index in [1.165, 1.54) is 37.7 Å². The molecular weight excluding hydrogens is 470 g/mol. The molecule has 0 radical (unpaired) electrons. The molecule has 7 aliphatic rings. The highest BCUT2D eigenvalue weighted by molar-refractivity contribution is 5.72. The molecule has 0 unspecified atom stereocenters. The minimum atomic E-state index is -0.544. The highest BCUT2D eigenvalue weighted by Gasteiger charge is 2.66. The van der Waals surface area contributed by atoms with Crippen molar-refractivity contribution in [3.8, 4) is 5.75 Å². The Hall–Kier alpha value is -1.87. The van der Waals surface area contributed by atoms with Crippen LogP contribution in [0.3, 0.4) is 0 Å². The molecule has 2 heterocycles. The van der Waals surface area contributed by atoms with Gasteiger partial charge in [-0.15, -0.1) is 0 Å². The maximum atomic E-state index is 11.3. The molecule has 4 bridgehead atoms. The Labute approximate surface area is 219 Å². The van der Waals surface area contributed by atoms with Crippen LogP contribution in [-0.2, 0) is 14.5 Å². The molecule has 1 aromatic carbocycles. The van der Waals surface area contributed by atoms with Crippen molar-refractivity contribution in [3.05, 3.63) is 29.8 Å². The van der Waals surface area contributed by atoms with Crippen LogP contribution in [0.25, 0.3) is 0 Å². The van der Waals surface area contributed by atoms with Gasteiger partial charge in [-0.3, -0.25) is 4.90 Å². The monoisotopic (exact) mass is 511 g/mol. The summed E-state index contributed by atoms with van der Waals surface area (Å²) in [5.74, 6) is 3.24. The van der Waals surface area contributed by atoms with E-state index in [1.807, 2.05) is 0 Å². The van der Waals surface area contributed by atoms with E-state index < -0.39 is 11.6 Å². The van der Waals surface area contributed by atoms with Gasteiger partial charge in [0.05, 0.1) is 0 Å². The average molecular weight is 512 g/mol. The van der Waals surface area contributed by atoms with E-state index in [1.54, 1.807) is 4.90 Å². The lowest BCUT2D eigenvalue weighted by Crippen LogP contribution is -2.59. The number of amides is 2. The molecule has 2 N–H and O–H groups in total. The second-order valence-electron chi connectivity index (χ2n) is 12.6. The molecule has 37 heavy (non-hydrogen) atoms. The SMILES string of the molecule is NC(=O)N1CCN(CCOc2ccc(C3CCC4(CC3)OOC3(O4)C4CC5CC(C4)CC3C5)cc2)CC1. The maximum Gasteiger partial charge on any atom is 0.314 e. The van der Waals surface area contributed by atoms with E-state index >= 15 is 0 Å². The van der Waals surface area contributed by atoms with Crippen molar-refractivity contribution in [2.75, 3.05) is 39.3 Å². The number of benzene rings is 1. The number of ether oxygens (including phenoxy) is 2. The Kier molecular flexibility index (Phi) is 6.15. The predicted octanol–water partition coefficient (Wildman–Crippen LogP) is 4.25. The predicted molar refractivity (Wildman–Crippen MR) is 137 cm³/mol. The Morgan fingerprint density at radius 3 is 2.19 bits per heavy atom. The molecular formula is C29H41N3O5. The number of hydrogen-bond donors (Lipinski definition) is 1. The summed E-state index contributed by atoms with van der Waals surface area (Å²) in [5, 5.41) is 0. The van der Waals surface area contributed by atoms with Crippen molar-refractivity contribution in [1.29, 1.82) is 0 Å². The molecule has 0 atom stereocenters. The first-order valence-electron chi connectivity index (χ1n) is 14.6. The van der Waals surface area contributed by atoms with Gasteiger partial charge in [0.25, 0.3) is 0 Å². The van der Waals surface area contributed by atoms with Gasteiger partial charge in [-0.2, -0.15) is 9.78 Å². The van der Waals surface area contributed by atoms with E-state index in [0.717, 1.165) is 62.9 Å². The van der Waals surface area contributed by atoms with E-state index in [0.29, 0.717) is 37.5 Å². The lowest BCUT2D eigenvalue weighted by Gasteiger charge is -2.57. The number of hydrogen-bond acceptors (Lipinski definition) is 6. The summed E-state index contributed by atoms with van der Waals surface area (Å²) < 4.78 is 12.9. The van der Waals surface area contributed by atoms with Crippen molar-refractivity contribution in [2.24, 2.45) is 29.4 Å². The van der Waals surface area contributed by atoms with E-state index in [9.17, 15) is 4.79 Å². The van der Waals surface area contributed by atoms with Gasteiger partial charge in [0.2, 0.25) is 11.6 Å². The maximum absolute atomic E-state index is 11.3. The van der Waals surface area contributed by atoms with Crippen molar-refractivity contribution in [2.45, 2.75) is 75.3 Å². The van der Waals surface area contributed by atoms with Gasteiger partial charge in [-0.1, -0.05) is 12.1 Å². The van der Waals surface area contributed by atoms with Crippen molar-refractivity contribution in [3.63, 3.8) is 0 Å². The van der Waals surface area contributed by atoms with Crippen LogP contribution in [0.1, 0.15) is 69.3 Å². The summed E-state index contributed by atoms with van der Waals surface area (Å²) in [6, 6.07) is 8.30. The van der Waals surface area contributed by atoms with E-state index in [4.69, 9.17) is 25.0 Å². The van der Waals surface area contributed by atoms with Crippen LogP contribution in [0.15, 0.2) is 24.3 Å². The number of nitrogens with two attached hydrogens (primary N) is 1. The third kappa shape index (κ3) is 4.44. The van der Waals surface area contributed by atoms with E-state index in [-0.39, 0.29) is 6.03 Å². The molecule has 5 aliphatic carbocycles. The molecule has 5 saturated carbocycles. The second kappa shape index (κ2) is 9.40. The molecule has 8 heteroatoms. The Morgan fingerprint density at radius 1 is 0.919 bits per heavy atom. The normalized spacial score (nSPS) is 41.1. The van der Waals surface area contributed by atoms with Crippen LogP contribution in [-0.4, -0.2) is 66.7 Å². The van der Waals surface area contributed by atoms with Crippen LogP contribution in [0.5, 0.6) is 5.75 Å². The summed E-state index contributed by atoms with van der Waals surface area (Å²) in [7, 11) is 0. The van der Waals surface area contributed by atoms with Crippen molar-refractivity contribution < 1.29 is 24.0 Å². The number of urea groups is 1. The molecule has 8 nitrogen and oxygen atoms in total. The van der Waals surface area contributed by atoms with Crippen LogP contribution >= 0.6 is 0 Å². The highest BCUT2D eigenvalue weighted by atomic mass is 17.3. The molecule has 2 aliphatic heterocycles. The first kappa shape index (κ1) is 24.2. The molecule has 8 rings (SSSR count). The van der Waals surface area contributed by atoms with Gasteiger partial charge in [0.15, 0.2) is 0 Å². The molecule has 7 fully saturated rings. The quantitative estimate of drug-likeness (QED) is 0.595. The minimum Gasteiger partial charge on any atom is -0.492 e. The van der Waals surface area contributed by atoms with Gasteiger partial charge < -0.3 is 20.1 Å². The summed E-state index contributed by atoms with van der Waals surface area (Å²) in [5.41, 5.74) is 6.73. The van der Waals surface area contributed by atoms with Crippen LogP contribution in [0, 0.1) is 23.7 Å². The molecule has 0 aromatic heterocycles. The largest absolute Gasteiger partial charge is 0.492 e. The third-order valence-electron chi connectivity index (χ3n) is 10.4. The molecule has 2 spiro atoms.